The van der Waals surface area contributed by atoms with E-state index in [2.05, 4.69) is 20.0 Å². The molecule has 5 rings (SSSR count). The van der Waals surface area contributed by atoms with Crippen molar-refractivity contribution in [3.63, 3.8) is 0 Å². The van der Waals surface area contributed by atoms with E-state index in [1.165, 1.54) is 4.90 Å². The lowest BCUT2D eigenvalue weighted by Crippen LogP contribution is -2.55. The van der Waals surface area contributed by atoms with E-state index in [0.717, 1.165) is 11.1 Å². The highest BCUT2D eigenvalue weighted by Gasteiger charge is 2.39. The van der Waals surface area contributed by atoms with Crippen LogP contribution < -0.4 is 16.0 Å². The number of aliphatic hydroxyl groups excluding tert-OH is 1. The van der Waals surface area contributed by atoms with Gasteiger partial charge in [-0.25, -0.2) is 4.79 Å². The van der Waals surface area contributed by atoms with Crippen molar-refractivity contribution in [2.24, 2.45) is 0 Å². The molecule has 1 saturated heterocycles. The molecule has 3 N–H and O–H groups in total. The summed E-state index contributed by atoms with van der Waals surface area (Å²) in [5.74, 6) is -1.71. The Balaban J connectivity index is 1.27. The fourth-order valence-electron chi connectivity index (χ4n) is 3.99. The number of carbonyl (C=O) groups excluding carboxylic acids is 2. The van der Waals surface area contributed by atoms with Gasteiger partial charge in [-0.15, -0.1) is 0 Å². The van der Waals surface area contributed by atoms with Gasteiger partial charge in [0, 0.05) is 23.5 Å². The molecular weight excluding hydrogens is 464 g/mol. The maximum atomic E-state index is 13.2. The number of anilines is 2. The highest BCUT2D eigenvalue weighted by molar-refractivity contribution is 6.04. The molecule has 182 valence electrons. The van der Waals surface area contributed by atoms with Gasteiger partial charge in [-0.2, -0.15) is 0 Å². The summed E-state index contributed by atoms with van der Waals surface area (Å²) >= 11 is 0. The molecule has 36 heavy (non-hydrogen) atoms. The van der Waals surface area contributed by atoms with Crippen molar-refractivity contribution in [1.29, 1.82) is 0 Å². The molecule has 2 amide bonds. The summed E-state index contributed by atoms with van der Waals surface area (Å²) in [6.07, 6.45) is -3.07. The molecule has 0 bridgehead atoms. The quantitative estimate of drug-likeness (QED) is 0.381. The molecule has 0 spiro atoms. The van der Waals surface area contributed by atoms with Crippen molar-refractivity contribution < 1.29 is 24.0 Å². The summed E-state index contributed by atoms with van der Waals surface area (Å²) in [4.78, 5) is 41.0. The summed E-state index contributed by atoms with van der Waals surface area (Å²) < 4.78 is 9.98. The van der Waals surface area contributed by atoms with Gasteiger partial charge in [0.05, 0.1) is 6.61 Å². The van der Waals surface area contributed by atoms with Gasteiger partial charge in [-0.05, 0) is 47.5 Å². The average Bonchev–Trinajstić information content (AvgIpc) is 3.35. The van der Waals surface area contributed by atoms with Crippen molar-refractivity contribution in [2.75, 3.05) is 23.4 Å². The maximum Gasteiger partial charge on any atom is 0.439 e. The number of aliphatic hydroxyl groups is 1. The van der Waals surface area contributed by atoms with Crippen LogP contribution in [0.1, 0.15) is 0 Å². The van der Waals surface area contributed by atoms with Crippen LogP contribution in [0.2, 0.25) is 0 Å². The molecule has 1 aliphatic rings. The second-order valence-electron chi connectivity index (χ2n) is 8.15. The van der Waals surface area contributed by atoms with Crippen molar-refractivity contribution in [2.45, 2.75) is 12.2 Å². The zero-order chi connectivity index (χ0) is 25.1. The number of hydrogen-bond acceptors (Lipinski definition) is 7. The van der Waals surface area contributed by atoms with Gasteiger partial charge in [0.2, 0.25) is 0 Å². The highest BCUT2D eigenvalue weighted by atomic mass is 16.5. The lowest BCUT2D eigenvalue weighted by Gasteiger charge is -2.34. The third kappa shape index (κ3) is 4.81. The molecule has 0 aliphatic carbocycles. The van der Waals surface area contributed by atoms with Crippen molar-refractivity contribution in [3.05, 3.63) is 89.4 Å². The first kappa shape index (κ1) is 23.2. The van der Waals surface area contributed by atoms with Crippen LogP contribution in [-0.4, -0.2) is 52.4 Å². The van der Waals surface area contributed by atoms with Gasteiger partial charge in [0.15, 0.2) is 18.0 Å². The number of amides is 2. The van der Waals surface area contributed by atoms with E-state index in [9.17, 15) is 19.5 Å². The number of rotatable bonds is 6. The van der Waals surface area contributed by atoms with Crippen LogP contribution in [0, 0.1) is 0 Å². The summed E-state index contributed by atoms with van der Waals surface area (Å²) in [7, 11) is 0. The second kappa shape index (κ2) is 9.98. The highest BCUT2D eigenvalue weighted by Crippen LogP contribution is 2.27. The van der Waals surface area contributed by atoms with E-state index < -0.39 is 29.8 Å². The van der Waals surface area contributed by atoms with E-state index in [1.807, 2.05) is 54.6 Å². The number of H-pyrrole nitrogens is 1. The Bertz CT molecular complexity index is 1430. The molecule has 10 heteroatoms. The first-order chi connectivity index (χ1) is 17.5. The lowest BCUT2D eigenvalue weighted by molar-refractivity contribution is -0.150. The van der Waals surface area contributed by atoms with Gasteiger partial charge in [-0.3, -0.25) is 19.1 Å². The SMILES string of the molecule is O=C(Nc1ccc(-c2noc(=O)[nH]2)cc1)C(O)C1OCCN(c2cccc(-c3ccccc3)c2)C1=O. The normalized spacial score (nSPS) is 16.5. The summed E-state index contributed by atoms with van der Waals surface area (Å²) in [5.41, 5.74) is 3.56. The van der Waals surface area contributed by atoms with E-state index in [1.54, 1.807) is 24.3 Å². The first-order valence-corrected chi connectivity index (χ1v) is 11.2. The molecule has 3 aromatic carbocycles. The number of aromatic amines is 1. The zero-order valence-electron chi connectivity index (χ0n) is 19.0. The predicted molar refractivity (Wildman–Crippen MR) is 131 cm³/mol. The molecule has 2 heterocycles. The van der Waals surface area contributed by atoms with E-state index in [0.29, 0.717) is 23.5 Å². The third-order valence-electron chi connectivity index (χ3n) is 5.81. The molecule has 2 unspecified atom stereocenters. The van der Waals surface area contributed by atoms with E-state index in [4.69, 9.17) is 4.74 Å². The Hall–Kier alpha value is -4.54. The monoisotopic (exact) mass is 486 g/mol. The van der Waals surface area contributed by atoms with Crippen LogP contribution in [0.3, 0.4) is 0 Å². The fourth-order valence-corrected chi connectivity index (χ4v) is 3.99. The number of hydrogen-bond donors (Lipinski definition) is 3. The summed E-state index contributed by atoms with van der Waals surface area (Å²) in [6, 6.07) is 23.6. The Morgan fingerprint density at radius 3 is 2.47 bits per heavy atom. The molecule has 1 fully saturated rings. The Kier molecular flexibility index (Phi) is 6.44. The van der Waals surface area contributed by atoms with Gasteiger partial charge in [-0.1, -0.05) is 47.6 Å². The van der Waals surface area contributed by atoms with Gasteiger partial charge in [0.1, 0.15) is 0 Å². The first-order valence-electron chi connectivity index (χ1n) is 11.2. The number of carbonyl (C=O) groups is 2. The van der Waals surface area contributed by atoms with Gasteiger partial charge >= 0.3 is 5.76 Å². The van der Waals surface area contributed by atoms with Crippen LogP contribution in [-0.2, 0) is 14.3 Å². The van der Waals surface area contributed by atoms with Crippen molar-refractivity contribution in [1.82, 2.24) is 10.1 Å². The molecule has 10 nitrogen and oxygen atoms in total. The predicted octanol–water partition coefficient (Wildman–Crippen LogP) is 2.43. The number of nitrogens with one attached hydrogen (secondary N) is 2. The number of aromatic nitrogens is 2. The Morgan fingerprint density at radius 2 is 1.75 bits per heavy atom. The molecular formula is C26H22N4O6. The standard InChI is InChI=1S/C26H22N4O6/c31-21(24(32)27-19-11-9-17(10-12-19)23-28-26(34)36-29-23)22-25(33)30(13-14-35-22)20-8-4-7-18(15-20)16-5-2-1-3-6-16/h1-12,15,21-22,31H,13-14H2,(H,27,32)(H,28,29,34). The Labute approximate surface area is 205 Å². The van der Waals surface area contributed by atoms with Gasteiger partial charge < -0.3 is 20.1 Å². The number of benzene rings is 3. The minimum atomic E-state index is -1.72. The maximum absolute atomic E-state index is 13.2. The zero-order valence-corrected chi connectivity index (χ0v) is 19.0. The molecule has 1 aromatic heterocycles. The van der Waals surface area contributed by atoms with E-state index in [-0.39, 0.29) is 12.4 Å². The number of morpholine rings is 1. The number of nitrogens with zero attached hydrogens (tertiary/aromatic N) is 2. The second-order valence-corrected chi connectivity index (χ2v) is 8.15. The number of ether oxygens (including phenoxy) is 1. The Morgan fingerprint density at radius 1 is 1.00 bits per heavy atom. The molecule has 2 atom stereocenters. The van der Waals surface area contributed by atoms with Gasteiger partial charge in [0.25, 0.3) is 11.8 Å². The van der Waals surface area contributed by atoms with Crippen molar-refractivity contribution in [3.8, 4) is 22.5 Å². The van der Waals surface area contributed by atoms with Crippen LogP contribution in [0.25, 0.3) is 22.5 Å². The minimum Gasteiger partial charge on any atom is -0.380 e. The lowest BCUT2D eigenvalue weighted by atomic mass is 10.0. The fraction of sp³-hybridized carbons (Fsp3) is 0.154. The molecule has 0 radical (unpaired) electrons. The summed E-state index contributed by atoms with van der Waals surface area (Å²) in [6.45, 7) is 0.467. The molecule has 4 aromatic rings. The largest absolute Gasteiger partial charge is 0.439 e. The summed E-state index contributed by atoms with van der Waals surface area (Å²) in [5, 5.41) is 16.8. The van der Waals surface area contributed by atoms with Crippen molar-refractivity contribution >= 4 is 23.2 Å². The van der Waals surface area contributed by atoms with Crippen LogP contribution in [0.15, 0.2) is 88.2 Å². The van der Waals surface area contributed by atoms with E-state index >= 15 is 0 Å². The van der Waals surface area contributed by atoms with Crippen LogP contribution >= 0.6 is 0 Å². The smallest absolute Gasteiger partial charge is 0.380 e. The van der Waals surface area contributed by atoms with Crippen LogP contribution in [0.4, 0.5) is 11.4 Å². The molecule has 0 saturated carbocycles. The third-order valence-corrected chi connectivity index (χ3v) is 5.81. The van der Waals surface area contributed by atoms with Crippen LogP contribution in [0.5, 0.6) is 0 Å². The average molecular weight is 486 g/mol. The topological polar surface area (TPSA) is 138 Å². The molecule has 1 aliphatic heterocycles. The minimum absolute atomic E-state index is 0.168.